The fourth-order valence-electron chi connectivity index (χ4n) is 2.56. The maximum Gasteiger partial charge on any atom is 0.219 e. The third-order valence-electron chi connectivity index (χ3n) is 3.79. The normalized spacial score (nSPS) is 16.0. The molecule has 1 amide bonds. The second kappa shape index (κ2) is 5.90. The Kier molecular flexibility index (Phi) is 3.81. The molecule has 0 aliphatic carbocycles. The number of tetrazole rings is 1. The maximum atomic E-state index is 11.3. The smallest absolute Gasteiger partial charge is 0.219 e. The molecule has 0 atom stereocenters. The van der Waals surface area contributed by atoms with E-state index in [0.29, 0.717) is 6.04 Å². The molecule has 1 aliphatic heterocycles. The predicted molar refractivity (Wildman–Crippen MR) is 78.1 cm³/mol. The second-order valence-corrected chi connectivity index (χ2v) is 5.23. The lowest BCUT2D eigenvalue weighted by molar-refractivity contribution is -0.129. The molecular weight excluding hydrogens is 268 g/mol. The van der Waals surface area contributed by atoms with Gasteiger partial charge in [0.25, 0.3) is 0 Å². The van der Waals surface area contributed by atoms with E-state index in [4.69, 9.17) is 0 Å². The molecule has 1 aromatic heterocycles. The summed E-state index contributed by atoms with van der Waals surface area (Å²) in [5.41, 5.74) is 2.00. The Labute approximate surface area is 122 Å². The van der Waals surface area contributed by atoms with Gasteiger partial charge >= 0.3 is 0 Å². The topological polar surface area (TPSA) is 75.9 Å². The third-order valence-corrected chi connectivity index (χ3v) is 3.79. The molecule has 0 bridgehead atoms. The van der Waals surface area contributed by atoms with Gasteiger partial charge in [0.15, 0.2) is 0 Å². The molecule has 0 unspecified atom stereocenters. The lowest BCUT2D eigenvalue weighted by Crippen LogP contribution is -2.41. The largest absolute Gasteiger partial charge is 0.382 e. The first-order valence-electron chi connectivity index (χ1n) is 7.08. The molecule has 1 aliphatic rings. The Balaban J connectivity index is 1.58. The molecular formula is C14H18N6O. The van der Waals surface area contributed by atoms with E-state index in [2.05, 4.69) is 20.8 Å². The van der Waals surface area contributed by atoms with E-state index in [1.165, 1.54) is 0 Å². The molecule has 1 fully saturated rings. The quantitative estimate of drug-likeness (QED) is 0.914. The highest BCUT2D eigenvalue weighted by atomic mass is 16.2. The van der Waals surface area contributed by atoms with Crippen LogP contribution in [0.4, 0.5) is 5.69 Å². The van der Waals surface area contributed by atoms with E-state index >= 15 is 0 Å². The zero-order chi connectivity index (χ0) is 14.7. The van der Waals surface area contributed by atoms with Crippen molar-refractivity contribution in [3.63, 3.8) is 0 Å². The average Bonchev–Trinajstić information content (AvgIpc) is 3.03. The number of nitrogens with zero attached hydrogens (tertiary/aromatic N) is 5. The van der Waals surface area contributed by atoms with Gasteiger partial charge in [-0.25, -0.2) is 4.68 Å². The summed E-state index contributed by atoms with van der Waals surface area (Å²) in [4.78, 5) is 13.2. The van der Waals surface area contributed by atoms with Crippen molar-refractivity contribution < 1.29 is 4.79 Å². The Morgan fingerprint density at radius 1 is 1.24 bits per heavy atom. The first kappa shape index (κ1) is 13.5. The highest BCUT2D eigenvalue weighted by Crippen LogP contribution is 2.18. The van der Waals surface area contributed by atoms with Crippen LogP contribution in [0.2, 0.25) is 0 Å². The van der Waals surface area contributed by atoms with Gasteiger partial charge in [-0.3, -0.25) is 4.79 Å². The number of likely N-dealkylation sites (tertiary alicyclic amines) is 1. The molecule has 3 rings (SSSR count). The first-order valence-corrected chi connectivity index (χ1v) is 7.08. The number of hydrogen-bond donors (Lipinski definition) is 1. The molecule has 110 valence electrons. The van der Waals surface area contributed by atoms with E-state index in [1.54, 1.807) is 17.9 Å². The minimum absolute atomic E-state index is 0.166. The molecule has 2 heterocycles. The summed E-state index contributed by atoms with van der Waals surface area (Å²) in [7, 11) is 0. The van der Waals surface area contributed by atoms with Gasteiger partial charge in [-0.1, -0.05) is 0 Å². The number of hydrogen-bond acceptors (Lipinski definition) is 5. The van der Waals surface area contributed by atoms with Crippen LogP contribution in [0.15, 0.2) is 30.6 Å². The molecule has 0 radical (unpaired) electrons. The Morgan fingerprint density at radius 3 is 2.52 bits per heavy atom. The van der Waals surface area contributed by atoms with Crippen molar-refractivity contribution in [3.8, 4) is 5.69 Å². The lowest BCUT2D eigenvalue weighted by Gasteiger charge is -2.32. The van der Waals surface area contributed by atoms with Gasteiger partial charge in [0.05, 0.1) is 5.69 Å². The van der Waals surface area contributed by atoms with Crippen LogP contribution in [-0.4, -0.2) is 50.1 Å². The zero-order valence-corrected chi connectivity index (χ0v) is 11.9. The van der Waals surface area contributed by atoms with Gasteiger partial charge in [-0.2, -0.15) is 0 Å². The molecule has 1 saturated heterocycles. The number of nitrogens with one attached hydrogen (secondary N) is 1. The van der Waals surface area contributed by atoms with Gasteiger partial charge in [0, 0.05) is 31.7 Å². The molecule has 7 nitrogen and oxygen atoms in total. The number of aromatic nitrogens is 4. The van der Waals surface area contributed by atoms with Gasteiger partial charge < -0.3 is 10.2 Å². The van der Waals surface area contributed by atoms with Crippen molar-refractivity contribution in [3.05, 3.63) is 30.6 Å². The predicted octanol–water partition coefficient (Wildman–Crippen LogP) is 1.09. The molecule has 2 aromatic rings. The molecule has 1 aromatic carbocycles. The Morgan fingerprint density at radius 2 is 1.95 bits per heavy atom. The molecule has 7 heteroatoms. The highest BCUT2D eigenvalue weighted by Gasteiger charge is 2.20. The van der Waals surface area contributed by atoms with E-state index in [-0.39, 0.29) is 5.91 Å². The van der Waals surface area contributed by atoms with E-state index in [9.17, 15) is 4.79 Å². The van der Waals surface area contributed by atoms with E-state index < -0.39 is 0 Å². The summed E-state index contributed by atoms with van der Waals surface area (Å²) in [6.45, 7) is 3.29. The number of benzene rings is 1. The second-order valence-electron chi connectivity index (χ2n) is 5.23. The van der Waals surface area contributed by atoms with Crippen molar-refractivity contribution in [1.29, 1.82) is 0 Å². The summed E-state index contributed by atoms with van der Waals surface area (Å²) in [5, 5.41) is 14.6. The first-order chi connectivity index (χ1) is 10.2. The number of amides is 1. The van der Waals surface area contributed by atoms with Crippen LogP contribution < -0.4 is 5.32 Å². The maximum absolute atomic E-state index is 11.3. The fraction of sp³-hybridized carbons (Fsp3) is 0.429. The summed E-state index contributed by atoms with van der Waals surface area (Å²) >= 11 is 0. The van der Waals surface area contributed by atoms with Crippen LogP contribution in [-0.2, 0) is 4.79 Å². The van der Waals surface area contributed by atoms with Gasteiger partial charge in [-0.05, 0) is 47.5 Å². The Bertz CT molecular complexity index is 586. The van der Waals surface area contributed by atoms with E-state index in [1.807, 2.05) is 29.2 Å². The number of piperidine rings is 1. The van der Waals surface area contributed by atoms with Crippen molar-refractivity contribution >= 4 is 11.6 Å². The summed E-state index contributed by atoms with van der Waals surface area (Å²) in [5.74, 6) is 0.166. The van der Waals surface area contributed by atoms with Gasteiger partial charge in [0.2, 0.25) is 5.91 Å². The summed E-state index contributed by atoms with van der Waals surface area (Å²) < 4.78 is 1.62. The third kappa shape index (κ3) is 3.18. The minimum atomic E-state index is 0.166. The zero-order valence-electron chi connectivity index (χ0n) is 11.9. The van der Waals surface area contributed by atoms with Crippen molar-refractivity contribution in [2.75, 3.05) is 18.4 Å². The van der Waals surface area contributed by atoms with Crippen molar-refractivity contribution in [2.24, 2.45) is 0 Å². The van der Waals surface area contributed by atoms with Crippen LogP contribution in [0.1, 0.15) is 19.8 Å². The van der Waals surface area contributed by atoms with Crippen LogP contribution in [0.5, 0.6) is 0 Å². The number of carbonyl (C=O) groups excluding carboxylic acids is 1. The molecule has 0 spiro atoms. The number of anilines is 1. The lowest BCUT2D eigenvalue weighted by atomic mass is 10.0. The minimum Gasteiger partial charge on any atom is -0.382 e. The standard InChI is InChI=1S/C14H18N6O/c1-11(21)19-8-6-13(7-9-19)16-12-2-4-14(5-3-12)20-10-15-17-18-20/h2-5,10,13,16H,6-9H2,1H3. The van der Waals surface area contributed by atoms with Crippen LogP contribution >= 0.6 is 0 Å². The van der Waals surface area contributed by atoms with Crippen LogP contribution in [0.3, 0.4) is 0 Å². The number of rotatable bonds is 3. The average molecular weight is 286 g/mol. The highest BCUT2D eigenvalue weighted by molar-refractivity contribution is 5.73. The fourth-order valence-corrected chi connectivity index (χ4v) is 2.56. The monoisotopic (exact) mass is 286 g/mol. The molecule has 0 saturated carbocycles. The summed E-state index contributed by atoms with van der Waals surface area (Å²) in [6.07, 6.45) is 3.53. The van der Waals surface area contributed by atoms with Gasteiger partial charge in [0.1, 0.15) is 6.33 Å². The van der Waals surface area contributed by atoms with Crippen molar-refractivity contribution in [2.45, 2.75) is 25.8 Å². The van der Waals surface area contributed by atoms with Crippen LogP contribution in [0.25, 0.3) is 5.69 Å². The van der Waals surface area contributed by atoms with Gasteiger partial charge in [-0.15, -0.1) is 5.10 Å². The number of carbonyl (C=O) groups is 1. The summed E-state index contributed by atoms with van der Waals surface area (Å²) in [6, 6.07) is 8.41. The Hall–Kier alpha value is -2.44. The molecule has 21 heavy (non-hydrogen) atoms. The SMILES string of the molecule is CC(=O)N1CCC(Nc2ccc(-n3cnnn3)cc2)CC1. The van der Waals surface area contributed by atoms with Crippen molar-refractivity contribution in [1.82, 2.24) is 25.1 Å². The molecule has 1 N–H and O–H groups in total. The van der Waals surface area contributed by atoms with Crippen LogP contribution in [0, 0.1) is 0 Å². The van der Waals surface area contributed by atoms with E-state index in [0.717, 1.165) is 37.3 Å².